The third-order valence-electron chi connectivity index (χ3n) is 3.14. The number of aryl methyl sites for hydroxylation is 2. The van der Waals surface area contributed by atoms with E-state index in [1.54, 1.807) is 11.8 Å². The number of nitrogens with one attached hydrogen (secondary N) is 1. The fourth-order valence-corrected chi connectivity index (χ4v) is 2.81. The molecule has 2 aromatic rings. The standard InChI is InChI=1S/C16H19ClN2O2S/c1-11-12(2)21-16(19-11)10-18-15(20)4-3-9-22-14-7-5-13(17)6-8-14/h5-8H,3-4,9-10H2,1-2H3,(H,18,20). The zero-order valence-electron chi connectivity index (χ0n) is 12.7. The highest BCUT2D eigenvalue weighted by atomic mass is 35.5. The molecule has 0 spiro atoms. The molecule has 0 unspecified atom stereocenters. The normalized spacial score (nSPS) is 10.7. The average molecular weight is 339 g/mol. The van der Waals surface area contributed by atoms with E-state index in [0.29, 0.717) is 18.9 Å². The molecule has 0 aliphatic carbocycles. The lowest BCUT2D eigenvalue weighted by atomic mass is 10.3. The third kappa shape index (κ3) is 5.39. The molecule has 0 atom stereocenters. The molecule has 0 aliphatic heterocycles. The minimum Gasteiger partial charge on any atom is -0.444 e. The van der Waals surface area contributed by atoms with E-state index in [-0.39, 0.29) is 5.91 Å². The second-order valence-corrected chi connectivity index (χ2v) is 6.54. The number of carbonyl (C=O) groups excluding carboxylic acids is 1. The highest BCUT2D eigenvalue weighted by Gasteiger charge is 2.07. The number of hydrogen-bond donors (Lipinski definition) is 1. The molecule has 0 saturated carbocycles. The Bertz CT molecular complexity index is 606. The van der Waals surface area contributed by atoms with Gasteiger partial charge in [0, 0.05) is 16.3 Å². The largest absolute Gasteiger partial charge is 0.444 e. The summed E-state index contributed by atoms with van der Waals surface area (Å²) >= 11 is 7.56. The van der Waals surface area contributed by atoms with Crippen LogP contribution in [0, 0.1) is 13.8 Å². The summed E-state index contributed by atoms with van der Waals surface area (Å²) in [5.74, 6) is 2.26. The number of benzene rings is 1. The van der Waals surface area contributed by atoms with Gasteiger partial charge in [-0.25, -0.2) is 4.98 Å². The minimum atomic E-state index is 0.0187. The molecular formula is C16H19ClN2O2S. The third-order valence-corrected chi connectivity index (χ3v) is 4.49. The number of rotatable bonds is 7. The Kier molecular flexibility index (Phi) is 6.34. The SMILES string of the molecule is Cc1nc(CNC(=O)CCCSc2ccc(Cl)cc2)oc1C. The van der Waals surface area contributed by atoms with Crippen LogP contribution in [0.1, 0.15) is 30.2 Å². The molecule has 0 aliphatic rings. The smallest absolute Gasteiger partial charge is 0.220 e. The van der Waals surface area contributed by atoms with Crippen LogP contribution in [0.25, 0.3) is 0 Å². The van der Waals surface area contributed by atoms with Crippen molar-refractivity contribution in [3.05, 3.63) is 46.6 Å². The summed E-state index contributed by atoms with van der Waals surface area (Å²) in [6.07, 6.45) is 1.32. The van der Waals surface area contributed by atoms with E-state index in [4.69, 9.17) is 16.0 Å². The van der Waals surface area contributed by atoms with Crippen molar-refractivity contribution in [2.75, 3.05) is 5.75 Å². The summed E-state index contributed by atoms with van der Waals surface area (Å²) < 4.78 is 5.42. The fourth-order valence-electron chi connectivity index (χ4n) is 1.83. The topological polar surface area (TPSA) is 55.1 Å². The molecule has 0 fully saturated rings. The number of thioether (sulfide) groups is 1. The fraction of sp³-hybridized carbons (Fsp3) is 0.375. The zero-order valence-corrected chi connectivity index (χ0v) is 14.3. The molecule has 0 bridgehead atoms. The van der Waals surface area contributed by atoms with Gasteiger partial charge in [-0.2, -0.15) is 0 Å². The summed E-state index contributed by atoms with van der Waals surface area (Å²) in [5.41, 5.74) is 0.864. The van der Waals surface area contributed by atoms with Crippen LogP contribution in [0.15, 0.2) is 33.6 Å². The van der Waals surface area contributed by atoms with Crippen LogP contribution in [0.3, 0.4) is 0 Å². The van der Waals surface area contributed by atoms with Gasteiger partial charge in [0.25, 0.3) is 0 Å². The van der Waals surface area contributed by atoms with E-state index >= 15 is 0 Å². The first-order valence-electron chi connectivity index (χ1n) is 7.12. The van der Waals surface area contributed by atoms with Crippen LogP contribution < -0.4 is 5.32 Å². The maximum Gasteiger partial charge on any atom is 0.220 e. The average Bonchev–Trinajstić information content (AvgIpc) is 2.82. The van der Waals surface area contributed by atoms with Gasteiger partial charge >= 0.3 is 0 Å². The molecule has 2 rings (SSSR count). The van der Waals surface area contributed by atoms with Crippen molar-refractivity contribution in [2.24, 2.45) is 0 Å². The predicted octanol–water partition coefficient (Wildman–Crippen LogP) is 4.13. The van der Waals surface area contributed by atoms with Gasteiger partial charge in [-0.3, -0.25) is 4.79 Å². The highest BCUT2D eigenvalue weighted by molar-refractivity contribution is 7.99. The first-order chi connectivity index (χ1) is 10.5. The number of carbonyl (C=O) groups is 1. The van der Waals surface area contributed by atoms with Crippen molar-refractivity contribution in [1.82, 2.24) is 10.3 Å². The Morgan fingerprint density at radius 3 is 2.68 bits per heavy atom. The monoisotopic (exact) mass is 338 g/mol. The molecule has 1 heterocycles. The van der Waals surface area contributed by atoms with Crippen LogP contribution in [0.2, 0.25) is 5.02 Å². The van der Waals surface area contributed by atoms with Crippen molar-refractivity contribution in [3.8, 4) is 0 Å². The van der Waals surface area contributed by atoms with E-state index in [1.165, 1.54) is 0 Å². The van der Waals surface area contributed by atoms with Gasteiger partial charge in [0.1, 0.15) is 5.76 Å². The quantitative estimate of drug-likeness (QED) is 0.609. The van der Waals surface area contributed by atoms with Crippen LogP contribution in [0.5, 0.6) is 0 Å². The zero-order chi connectivity index (χ0) is 15.9. The van der Waals surface area contributed by atoms with Gasteiger partial charge in [0.05, 0.1) is 12.2 Å². The summed E-state index contributed by atoms with van der Waals surface area (Å²) in [5, 5.41) is 3.56. The summed E-state index contributed by atoms with van der Waals surface area (Å²) in [6.45, 7) is 4.09. The van der Waals surface area contributed by atoms with Crippen molar-refractivity contribution in [3.63, 3.8) is 0 Å². The van der Waals surface area contributed by atoms with Crippen molar-refractivity contribution in [1.29, 1.82) is 0 Å². The molecule has 22 heavy (non-hydrogen) atoms. The predicted molar refractivity (Wildman–Crippen MR) is 89.2 cm³/mol. The Morgan fingerprint density at radius 1 is 1.32 bits per heavy atom. The second-order valence-electron chi connectivity index (χ2n) is 4.93. The molecule has 6 heteroatoms. The first kappa shape index (κ1) is 16.9. The summed E-state index contributed by atoms with van der Waals surface area (Å²) in [4.78, 5) is 17.1. The van der Waals surface area contributed by atoms with E-state index in [0.717, 1.165) is 33.5 Å². The maximum atomic E-state index is 11.8. The maximum absolute atomic E-state index is 11.8. The van der Waals surface area contributed by atoms with Gasteiger partial charge in [0.15, 0.2) is 0 Å². The van der Waals surface area contributed by atoms with Crippen LogP contribution in [0.4, 0.5) is 0 Å². The number of aromatic nitrogens is 1. The molecule has 1 N–H and O–H groups in total. The Balaban J connectivity index is 1.62. The summed E-state index contributed by atoms with van der Waals surface area (Å²) in [7, 11) is 0. The van der Waals surface area contributed by atoms with Gasteiger partial charge in [-0.15, -0.1) is 11.8 Å². The van der Waals surface area contributed by atoms with Gasteiger partial charge in [-0.1, -0.05) is 11.6 Å². The molecule has 118 valence electrons. The van der Waals surface area contributed by atoms with Gasteiger partial charge in [-0.05, 0) is 50.3 Å². The van der Waals surface area contributed by atoms with Crippen LogP contribution >= 0.6 is 23.4 Å². The Hall–Kier alpha value is -1.46. The van der Waals surface area contributed by atoms with E-state index in [9.17, 15) is 4.79 Å². The Morgan fingerprint density at radius 2 is 2.05 bits per heavy atom. The first-order valence-corrected chi connectivity index (χ1v) is 8.49. The van der Waals surface area contributed by atoms with Crippen LogP contribution in [-0.2, 0) is 11.3 Å². The number of nitrogens with zero attached hydrogens (tertiary/aromatic N) is 1. The van der Waals surface area contributed by atoms with E-state index in [1.807, 2.05) is 38.1 Å². The van der Waals surface area contributed by atoms with Crippen molar-refractivity contribution in [2.45, 2.75) is 38.1 Å². The molecule has 4 nitrogen and oxygen atoms in total. The molecule has 1 aromatic heterocycles. The van der Waals surface area contributed by atoms with E-state index in [2.05, 4.69) is 10.3 Å². The molecule has 1 amide bonds. The number of oxazole rings is 1. The number of hydrogen-bond acceptors (Lipinski definition) is 4. The molecular weight excluding hydrogens is 320 g/mol. The lowest BCUT2D eigenvalue weighted by Crippen LogP contribution is -2.22. The van der Waals surface area contributed by atoms with Gasteiger partial charge < -0.3 is 9.73 Å². The number of amides is 1. The minimum absolute atomic E-state index is 0.0187. The molecule has 0 saturated heterocycles. The number of halogens is 1. The Labute approximate surface area is 139 Å². The lowest BCUT2D eigenvalue weighted by molar-refractivity contribution is -0.121. The van der Waals surface area contributed by atoms with E-state index < -0.39 is 0 Å². The molecule has 1 aromatic carbocycles. The van der Waals surface area contributed by atoms with Crippen molar-refractivity contribution < 1.29 is 9.21 Å². The lowest BCUT2D eigenvalue weighted by Gasteiger charge is -2.03. The van der Waals surface area contributed by atoms with Gasteiger partial charge in [0.2, 0.25) is 11.8 Å². The highest BCUT2D eigenvalue weighted by Crippen LogP contribution is 2.21. The second kappa shape index (κ2) is 8.25. The van der Waals surface area contributed by atoms with Crippen molar-refractivity contribution >= 4 is 29.3 Å². The molecule has 0 radical (unpaired) electrons. The van der Waals surface area contributed by atoms with Crippen LogP contribution in [-0.4, -0.2) is 16.6 Å². The summed E-state index contributed by atoms with van der Waals surface area (Å²) in [6, 6.07) is 7.72.